The zero-order chi connectivity index (χ0) is 17.6. The van der Waals surface area contributed by atoms with E-state index in [1.807, 2.05) is 24.3 Å². The van der Waals surface area contributed by atoms with E-state index < -0.39 is 0 Å². The Morgan fingerprint density at radius 1 is 1.08 bits per heavy atom. The van der Waals surface area contributed by atoms with E-state index in [1.165, 1.54) is 6.42 Å². The second kappa shape index (κ2) is 8.35. The van der Waals surface area contributed by atoms with Crippen molar-refractivity contribution in [2.45, 2.75) is 26.2 Å². The van der Waals surface area contributed by atoms with Crippen LogP contribution in [0.2, 0.25) is 0 Å². The van der Waals surface area contributed by atoms with Crippen LogP contribution < -0.4 is 4.90 Å². The Kier molecular flexibility index (Phi) is 5.93. The molecule has 0 saturated carbocycles. The number of piperazine rings is 1. The SMILES string of the molecule is [C-]#[N+]c1ccc(N2CCC(C(=O)N3CCN(CCC)CC3)CC2)cc1. The standard InChI is InChI=1S/C20H28N4O/c1-3-10-22-13-15-24(16-14-22)20(25)17-8-11-23(12-9-17)19-6-4-18(21-2)5-7-19/h4-7,17H,3,8-16H2,1H3. The van der Waals surface area contributed by atoms with Gasteiger partial charge >= 0.3 is 0 Å². The number of hydrogen-bond acceptors (Lipinski definition) is 3. The molecule has 0 atom stereocenters. The number of carbonyl (C=O) groups excluding carboxylic acids is 1. The number of nitrogens with zero attached hydrogens (tertiary/aromatic N) is 4. The van der Waals surface area contributed by atoms with Gasteiger partial charge in [0, 0.05) is 50.9 Å². The highest BCUT2D eigenvalue weighted by molar-refractivity contribution is 5.79. The fraction of sp³-hybridized carbons (Fsp3) is 0.600. The van der Waals surface area contributed by atoms with Crippen molar-refractivity contribution in [2.75, 3.05) is 50.7 Å². The summed E-state index contributed by atoms with van der Waals surface area (Å²) in [6, 6.07) is 7.77. The van der Waals surface area contributed by atoms with Crippen LogP contribution in [-0.2, 0) is 4.79 Å². The van der Waals surface area contributed by atoms with Gasteiger partial charge < -0.3 is 9.80 Å². The van der Waals surface area contributed by atoms with Gasteiger partial charge in [0.1, 0.15) is 0 Å². The summed E-state index contributed by atoms with van der Waals surface area (Å²) < 4.78 is 0. The number of hydrogen-bond donors (Lipinski definition) is 0. The maximum Gasteiger partial charge on any atom is 0.225 e. The van der Waals surface area contributed by atoms with Gasteiger partial charge in [0.2, 0.25) is 5.91 Å². The molecular weight excluding hydrogens is 312 g/mol. The fourth-order valence-corrected chi connectivity index (χ4v) is 3.89. The molecule has 2 fully saturated rings. The zero-order valence-corrected chi connectivity index (χ0v) is 15.2. The number of rotatable bonds is 4. The first-order valence-electron chi connectivity index (χ1n) is 9.45. The largest absolute Gasteiger partial charge is 0.372 e. The van der Waals surface area contributed by atoms with Gasteiger partial charge in [-0.3, -0.25) is 9.69 Å². The topological polar surface area (TPSA) is 31.2 Å². The van der Waals surface area contributed by atoms with Crippen LogP contribution in [0.3, 0.4) is 0 Å². The fourth-order valence-electron chi connectivity index (χ4n) is 3.89. The molecular formula is C20H28N4O. The first-order chi connectivity index (χ1) is 12.2. The lowest BCUT2D eigenvalue weighted by Crippen LogP contribution is -2.51. The summed E-state index contributed by atoms with van der Waals surface area (Å²) in [6.45, 7) is 16.0. The molecule has 0 spiro atoms. The zero-order valence-electron chi connectivity index (χ0n) is 15.2. The lowest BCUT2D eigenvalue weighted by Gasteiger charge is -2.39. The lowest BCUT2D eigenvalue weighted by molar-refractivity contribution is -0.138. The minimum Gasteiger partial charge on any atom is -0.372 e. The molecule has 3 rings (SSSR count). The molecule has 1 amide bonds. The van der Waals surface area contributed by atoms with Gasteiger partial charge in [-0.05, 0) is 37.9 Å². The maximum atomic E-state index is 12.8. The van der Waals surface area contributed by atoms with Gasteiger partial charge in [-0.1, -0.05) is 19.1 Å². The molecule has 2 aliphatic heterocycles. The van der Waals surface area contributed by atoms with Crippen LogP contribution >= 0.6 is 0 Å². The maximum absolute atomic E-state index is 12.8. The monoisotopic (exact) mass is 340 g/mol. The lowest BCUT2D eigenvalue weighted by atomic mass is 9.94. The summed E-state index contributed by atoms with van der Waals surface area (Å²) in [7, 11) is 0. The Hall–Kier alpha value is -2.06. The molecule has 0 bridgehead atoms. The minimum absolute atomic E-state index is 0.177. The molecule has 1 aromatic carbocycles. The number of benzene rings is 1. The van der Waals surface area contributed by atoms with E-state index >= 15 is 0 Å². The Morgan fingerprint density at radius 2 is 1.72 bits per heavy atom. The molecule has 2 heterocycles. The van der Waals surface area contributed by atoms with Crippen LogP contribution in [0.4, 0.5) is 11.4 Å². The molecule has 0 unspecified atom stereocenters. The predicted octanol–water partition coefficient (Wildman–Crippen LogP) is 3.01. The van der Waals surface area contributed by atoms with Crippen molar-refractivity contribution in [2.24, 2.45) is 5.92 Å². The molecule has 134 valence electrons. The Labute approximate surface area is 151 Å². The van der Waals surface area contributed by atoms with Gasteiger partial charge in [-0.15, -0.1) is 0 Å². The molecule has 5 heteroatoms. The normalized spacial score (nSPS) is 19.7. The molecule has 0 radical (unpaired) electrons. The first-order valence-corrected chi connectivity index (χ1v) is 9.45. The van der Waals surface area contributed by atoms with Crippen molar-refractivity contribution in [1.29, 1.82) is 0 Å². The molecule has 25 heavy (non-hydrogen) atoms. The van der Waals surface area contributed by atoms with Gasteiger partial charge in [0.25, 0.3) is 0 Å². The second-order valence-corrected chi connectivity index (χ2v) is 7.06. The third-order valence-corrected chi connectivity index (χ3v) is 5.41. The smallest absolute Gasteiger partial charge is 0.225 e. The van der Waals surface area contributed by atoms with Crippen molar-refractivity contribution >= 4 is 17.3 Å². The summed E-state index contributed by atoms with van der Waals surface area (Å²) in [5.41, 5.74) is 1.84. The Morgan fingerprint density at radius 3 is 2.28 bits per heavy atom. The van der Waals surface area contributed by atoms with Gasteiger partial charge in [-0.25, -0.2) is 4.85 Å². The van der Waals surface area contributed by atoms with Crippen LogP contribution in [-0.4, -0.2) is 61.5 Å². The van der Waals surface area contributed by atoms with Crippen LogP contribution in [0.5, 0.6) is 0 Å². The van der Waals surface area contributed by atoms with Crippen LogP contribution in [0.15, 0.2) is 24.3 Å². The van der Waals surface area contributed by atoms with E-state index in [4.69, 9.17) is 6.57 Å². The van der Waals surface area contributed by atoms with Crippen LogP contribution in [0, 0.1) is 12.5 Å². The van der Waals surface area contributed by atoms with E-state index in [9.17, 15) is 4.79 Å². The highest BCUT2D eigenvalue weighted by atomic mass is 16.2. The average molecular weight is 340 g/mol. The molecule has 1 aromatic rings. The number of amides is 1. The molecule has 0 aliphatic carbocycles. The summed E-state index contributed by atoms with van der Waals surface area (Å²) in [6.07, 6.45) is 3.04. The first kappa shape index (κ1) is 17.8. The molecule has 5 nitrogen and oxygen atoms in total. The molecule has 2 saturated heterocycles. The van der Waals surface area contributed by atoms with Gasteiger partial charge in [-0.2, -0.15) is 0 Å². The summed E-state index contributed by atoms with van der Waals surface area (Å²) in [5.74, 6) is 0.538. The molecule has 0 N–H and O–H groups in total. The number of piperidine rings is 1. The van der Waals surface area contributed by atoms with Gasteiger partial charge in [0.15, 0.2) is 5.69 Å². The Bertz CT molecular complexity index is 606. The number of carbonyl (C=O) groups is 1. The number of anilines is 1. The van der Waals surface area contributed by atoms with E-state index in [1.54, 1.807) is 0 Å². The molecule has 2 aliphatic rings. The van der Waals surface area contributed by atoms with Gasteiger partial charge in [0.05, 0.1) is 6.57 Å². The average Bonchev–Trinajstić information content (AvgIpc) is 2.68. The van der Waals surface area contributed by atoms with Crippen molar-refractivity contribution in [3.63, 3.8) is 0 Å². The quantitative estimate of drug-likeness (QED) is 0.790. The van der Waals surface area contributed by atoms with Crippen molar-refractivity contribution in [3.05, 3.63) is 35.7 Å². The Balaban J connectivity index is 1.48. The second-order valence-electron chi connectivity index (χ2n) is 7.06. The summed E-state index contributed by atoms with van der Waals surface area (Å²) >= 11 is 0. The van der Waals surface area contributed by atoms with E-state index in [2.05, 4.69) is 26.5 Å². The molecule has 0 aromatic heterocycles. The summed E-state index contributed by atoms with van der Waals surface area (Å²) in [4.78, 5) is 23.1. The van der Waals surface area contributed by atoms with Crippen LogP contribution in [0.25, 0.3) is 4.85 Å². The predicted molar refractivity (Wildman–Crippen MR) is 101 cm³/mol. The van der Waals surface area contributed by atoms with Crippen molar-refractivity contribution < 1.29 is 4.79 Å². The van der Waals surface area contributed by atoms with E-state index in [0.717, 1.165) is 64.3 Å². The highest BCUT2D eigenvalue weighted by Crippen LogP contribution is 2.26. The van der Waals surface area contributed by atoms with E-state index in [-0.39, 0.29) is 5.92 Å². The van der Waals surface area contributed by atoms with E-state index in [0.29, 0.717) is 11.6 Å². The van der Waals surface area contributed by atoms with Crippen molar-refractivity contribution in [3.8, 4) is 0 Å². The third-order valence-electron chi connectivity index (χ3n) is 5.41. The highest BCUT2D eigenvalue weighted by Gasteiger charge is 2.30. The minimum atomic E-state index is 0.177. The van der Waals surface area contributed by atoms with Crippen LogP contribution in [0.1, 0.15) is 26.2 Å². The van der Waals surface area contributed by atoms with Crippen molar-refractivity contribution in [1.82, 2.24) is 9.80 Å². The summed E-state index contributed by atoms with van der Waals surface area (Å²) in [5, 5.41) is 0. The third kappa shape index (κ3) is 4.32.